The van der Waals surface area contributed by atoms with Crippen molar-refractivity contribution in [3.63, 3.8) is 0 Å². The molecule has 1 aromatic heterocycles. The molecule has 9 heteroatoms. The molecule has 3 heterocycles. The standard InChI is InChI=1S/C30H29BrN4O4/c1-17-12-20-5-8-24(17)18(2)16-39-30(38)34-22-7-9-26(31)21(13-22)15-35(3)29(37)27(20)33-23-6-4-19-10-11-32-28(36)25(19)14-23/h4-14,18,27,33H,15-16H2,1-3H3,(H,32,36)(H,34,38)/t18-,27+/m0/s1. The summed E-state index contributed by atoms with van der Waals surface area (Å²) in [5, 5.41) is 7.53. The van der Waals surface area contributed by atoms with Gasteiger partial charge in [-0.05, 0) is 71.0 Å². The van der Waals surface area contributed by atoms with Crippen molar-refractivity contribution in [2.75, 3.05) is 24.3 Å². The summed E-state index contributed by atoms with van der Waals surface area (Å²) in [5.74, 6) is -0.191. The number of nitrogens with zero attached hydrogens (tertiary/aromatic N) is 1. The fraction of sp³-hybridized carbons (Fsp3) is 0.233. The number of halogens is 1. The molecule has 0 radical (unpaired) electrons. The number of hydrogen-bond acceptors (Lipinski definition) is 5. The van der Waals surface area contributed by atoms with Crippen LogP contribution >= 0.6 is 15.9 Å². The zero-order valence-electron chi connectivity index (χ0n) is 21.9. The summed E-state index contributed by atoms with van der Waals surface area (Å²) in [6.07, 6.45) is 1.09. The van der Waals surface area contributed by atoms with E-state index < -0.39 is 12.1 Å². The van der Waals surface area contributed by atoms with Crippen molar-refractivity contribution in [3.05, 3.63) is 104 Å². The first-order valence-corrected chi connectivity index (χ1v) is 13.4. The molecular weight excluding hydrogens is 560 g/mol. The molecule has 200 valence electrons. The van der Waals surface area contributed by atoms with Crippen molar-refractivity contribution < 1.29 is 14.3 Å². The van der Waals surface area contributed by atoms with Crippen molar-refractivity contribution in [1.29, 1.82) is 0 Å². The van der Waals surface area contributed by atoms with E-state index in [9.17, 15) is 14.4 Å². The maximum absolute atomic E-state index is 14.0. The highest BCUT2D eigenvalue weighted by Gasteiger charge is 2.26. The Bertz CT molecular complexity index is 1630. The van der Waals surface area contributed by atoms with E-state index in [4.69, 9.17) is 4.74 Å². The molecule has 8 nitrogen and oxygen atoms in total. The normalized spacial score (nSPS) is 18.1. The molecule has 4 aromatic rings. The lowest BCUT2D eigenvalue weighted by molar-refractivity contribution is -0.131. The van der Waals surface area contributed by atoms with Gasteiger partial charge in [-0.2, -0.15) is 0 Å². The van der Waals surface area contributed by atoms with Crippen molar-refractivity contribution in [2.45, 2.75) is 32.4 Å². The Balaban J connectivity index is 1.57. The van der Waals surface area contributed by atoms with Gasteiger partial charge in [-0.15, -0.1) is 0 Å². The van der Waals surface area contributed by atoms with E-state index in [0.717, 1.165) is 32.1 Å². The van der Waals surface area contributed by atoms with Gasteiger partial charge < -0.3 is 19.9 Å². The summed E-state index contributed by atoms with van der Waals surface area (Å²) in [5.41, 5.74) is 4.69. The monoisotopic (exact) mass is 588 g/mol. The lowest BCUT2D eigenvalue weighted by Gasteiger charge is -2.27. The number of carbonyl (C=O) groups is 2. The van der Waals surface area contributed by atoms with Gasteiger partial charge in [0.15, 0.2) is 0 Å². The minimum Gasteiger partial charge on any atom is -0.449 e. The van der Waals surface area contributed by atoms with E-state index in [1.165, 1.54) is 0 Å². The molecule has 4 bridgehead atoms. The second-order valence-electron chi connectivity index (χ2n) is 9.93. The number of anilines is 2. The number of amides is 2. The third-order valence-electron chi connectivity index (χ3n) is 7.03. The first-order chi connectivity index (χ1) is 18.7. The number of aryl methyl sites for hydroxylation is 1. The number of hydrogen-bond donors (Lipinski definition) is 3. The van der Waals surface area contributed by atoms with Crippen molar-refractivity contribution >= 4 is 50.1 Å². The van der Waals surface area contributed by atoms with Crippen LogP contribution in [-0.2, 0) is 16.1 Å². The van der Waals surface area contributed by atoms with E-state index >= 15 is 0 Å². The van der Waals surface area contributed by atoms with Gasteiger partial charge in [0.05, 0.1) is 6.61 Å². The number of rotatable bonds is 2. The maximum Gasteiger partial charge on any atom is 0.411 e. The molecule has 0 saturated heterocycles. The van der Waals surface area contributed by atoms with Crippen LogP contribution in [0.15, 0.2) is 76.1 Å². The predicted octanol–water partition coefficient (Wildman–Crippen LogP) is 6.08. The van der Waals surface area contributed by atoms with E-state index in [0.29, 0.717) is 23.3 Å². The molecule has 0 aliphatic carbocycles. The fourth-order valence-corrected chi connectivity index (χ4v) is 5.30. The van der Waals surface area contributed by atoms with Crippen molar-refractivity contribution in [3.8, 4) is 0 Å². The molecule has 2 aliphatic heterocycles. The minimum absolute atomic E-state index is 0.0461. The Morgan fingerprint density at radius 2 is 1.85 bits per heavy atom. The van der Waals surface area contributed by atoms with Gasteiger partial charge >= 0.3 is 6.09 Å². The fourth-order valence-electron chi connectivity index (χ4n) is 4.93. The highest BCUT2D eigenvalue weighted by molar-refractivity contribution is 9.10. The quantitative estimate of drug-likeness (QED) is 0.263. The lowest BCUT2D eigenvalue weighted by atomic mass is 9.93. The molecular formula is C30H29BrN4O4. The second-order valence-corrected chi connectivity index (χ2v) is 10.8. The summed E-state index contributed by atoms with van der Waals surface area (Å²) in [4.78, 5) is 43.2. The van der Waals surface area contributed by atoms with E-state index in [2.05, 4.69) is 31.5 Å². The van der Waals surface area contributed by atoms with Crippen LogP contribution in [0.3, 0.4) is 0 Å². The average molecular weight is 589 g/mol. The number of ether oxygens (including phenoxy) is 1. The van der Waals surface area contributed by atoms with Gasteiger partial charge in [-0.3, -0.25) is 14.9 Å². The Morgan fingerprint density at radius 3 is 2.64 bits per heavy atom. The zero-order valence-corrected chi connectivity index (χ0v) is 23.5. The number of nitrogens with one attached hydrogen (secondary N) is 3. The molecule has 2 atom stereocenters. The molecule has 3 N–H and O–H groups in total. The number of pyridine rings is 1. The third kappa shape index (κ3) is 5.68. The summed E-state index contributed by atoms with van der Waals surface area (Å²) < 4.78 is 6.32. The zero-order chi connectivity index (χ0) is 27.7. The molecule has 0 saturated carbocycles. The number of likely N-dealkylation sites (N-methyl/N-ethyl adjacent to an activating group) is 1. The Hall–Kier alpha value is -4.11. The number of fused-ring (bicyclic) bond motifs is 10. The van der Waals surface area contributed by atoms with Crippen LogP contribution in [0.2, 0.25) is 0 Å². The summed E-state index contributed by atoms with van der Waals surface area (Å²) >= 11 is 3.57. The second kappa shape index (κ2) is 10.9. The van der Waals surface area contributed by atoms with E-state index in [1.54, 1.807) is 30.3 Å². The number of aromatic nitrogens is 1. The van der Waals surface area contributed by atoms with Gasteiger partial charge in [0, 0.05) is 46.9 Å². The highest BCUT2D eigenvalue weighted by atomic mass is 79.9. The molecule has 6 rings (SSSR count). The molecule has 2 amide bonds. The molecule has 0 fully saturated rings. The Morgan fingerprint density at radius 1 is 1.03 bits per heavy atom. The smallest absolute Gasteiger partial charge is 0.411 e. The molecule has 2 aliphatic rings. The van der Waals surface area contributed by atoms with Crippen molar-refractivity contribution in [1.82, 2.24) is 9.88 Å². The van der Waals surface area contributed by atoms with Gasteiger partial charge in [-0.25, -0.2) is 4.79 Å². The first-order valence-electron chi connectivity index (χ1n) is 12.6. The number of H-pyrrole nitrogens is 1. The number of aromatic amines is 1. The highest BCUT2D eigenvalue weighted by Crippen LogP contribution is 2.30. The Labute approximate surface area is 234 Å². The van der Waals surface area contributed by atoms with Crippen LogP contribution in [0.5, 0.6) is 0 Å². The van der Waals surface area contributed by atoms with E-state index in [-0.39, 0.29) is 24.0 Å². The first kappa shape index (κ1) is 26.5. The van der Waals surface area contributed by atoms with Gasteiger partial charge in [0.2, 0.25) is 5.91 Å². The largest absolute Gasteiger partial charge is 0.449 e. The van der Waals surface area contributed by atoms with Crippen LogP contribution in [0.25, 0.3) is 10.8 Å². The van der Waals surface area contributed by atoms with Gasteiger partial charge in [0.1, 0.15) is 6.04 Å². The van der Waals surface area contributed by atoms with Crippen LogP contribution < -0.4 is 16.2 Å². The van der Waals surface area contributed by atoms with Crippen LogP contribution in [0.4, 0.5) is 16.2 Å². The maximum atomic E-state index is 14.0. The number of benzene rings is 3. The van der Waals surface area contributed by atoms with Gasteiger partial charge in [0.25, 0.3) is 5.56 Å². The van der Waals surface area contributed by atoms with Gasteiger partial charge in [-0.1, -0.05) is 47.1 Å². The Kier molecular flexibility index (Phi) is 7.43. The summed E-state index contributed by atoms with van der Waals surface area (Å²) in [6.45, 7) is 4.50. The minimum atomic E-state index is -0.705. The molecule has 0 unspecified atom stereocenters. The SMILES string of the molecule is Cc1cc2ccc1[C@@H](C)COC(=O)Nc1ccc(Br)c(c1)CN(C)C(=O)[C@@H]2Nc1ccc2cc[nH]c(=O)c2c1. The van der Waals surface area contributed by atoms with Crippen LogP contribution in [0.1, 0.15) is 41.1 Å². The predicted molar refractivity (Wildman–Crippen MR) is 156 cm³/mol. The summed E-state index contributed by atoms with van der Waals surface area (Å²) in [6, 6.07) is 18.0. The molecule has 0 spiro atoms. The average Bonchev–Trinajstić information content (AvgIpc) is 2.91. The number of carbonyl (C=O) groups excluding carboxylic acids is 2. The lowest BCUT2D eigenvalue weighted by Crippen LogP contribution is -2.35. The third-order valence-corrected chi connectivity index (χ3v) is 7.81. The van der Waals surface area contributed by atoms with E-state index in [1.807, 2.05) is 62.4 Å². The molecule has 39 heavy (non-hydrogen) atoms. The summed E-state index contributed by atoms with van der Waals surface area (Å²) in [7, 11) is 1.75. The van der Waals surface area contributed by atoms with Crippen LogP contribution in [-0.4, -0.2) is 35.5 Å². The topological polar surface area (TPSA) is 104 Å². The van der Waals surface area contributed by atoms with Crippen molar-refractivity contribution in [2.24, 2.45) is 0 Å². The van der Waals surface area contributed by atoms with Crippen LogP contribution in [0, 0.1) is 6.92 Å². The molecule has 3 aromatic carbocycles.